The van der Waals surface area contributed by atoms with Crippen LogP contribution in [0.15, 0.2) is 30.9 Å². The molecular weight excluding hydrogens is 340 g/mol. The Morgan fingerprint density at radius 3 is 2.58 bits per heavy atom. The van der Waals surface area contributed by atoms with Crippen LogP contribution in [0.4, 0.5) is 8.78 Å². The van der Waals surface area contributed by atoms with Crippen molar-refractivity contribution in [2.75, 3.05) is 20.1 Å². The van der Waals surface area contributed by atoms with Crippen LogP contribution in [0.25, 0.3) is 22.6 Å². The molecule has 4 rings (SSSR count). The molecule has 1 saturated heterocycles. The standard InChI is InChI=1S/C18H19F2N5O/c1-10-16(22-8-21-10)18-17(11-3-4-12(19)13(20)5-11)23-9-25(18)14-6-24(2)7-15(14)26/h3-5,8-9,14-15,26H,6-7H2,1-2H3,(H,21,22)/t14-,15-/m1/s1. The maximum absolute atomic E-state index is 13.8. The van der Waals surface area contributed by atoms with Gasteiger partial charge in [0, 0.05) is 24.3 Å². The second-order valence-electron chi connectivity index (χ2n) is 6.71. The lowest BCUT2D eigenvalue weighted by Crippen LogP contribution is -2.22. The number of benzene rings is 1. The molecule has 1 fully saturated rings. The molecule has 0 radical (unpaired) electrons. The van der Waals surface area contributed by atoms with E-state index in [1.54, 1.807) is 12.7 Å². The van der Waals surface area contributed by atoms with Crippen molar-refractivity contribution < 1.29 is 13.9 Å². The number of aromatic amines is 1. The number of aliphatic hydroxyl groups is 1. The van der Waals surface area contributed by atoms with E-state index in [0.29, 0.717) is 35.7 Å². The van der Waals surface area contributed by atoms with Gasteiger partial charge in [0.1, 0.15) is 5.69 Å². The Morgan fingerprint density at radius 1 is 1.15 bits per heavy atom. The number of aromatic nitrogens is 4. The lowest BCUT2D eigenvalue weighted by molar-refractivity contribution is 0.147. The number of likely N-dealkylation sites (tertiary alicyclic amines) is 1. The topological polar surface area (TPSA) is 70.0 Å². The van der Waals surface area contributed by atoms with Crippen LogP contribution in [-0.2, 0) is 0 Å². The van der Waals surface area contributed by atoms with Gasteiger partial charge in [0.05, 0.1) is 36.2 Å². The van der Waals surface area contributed by atoms with Crippen molar-refractivity contribution in [1.29, 1.82) is 0 Å². The summed E-state index contributed by atoms with van der Waals surface area (Å²) in [5.41, 5.74) is 3.14. The van der Waals surface area contributed by atoms with E-state index in [1.807, 2.05) is 23.4 Å². The van der Waals surface area contributed by atoms with Crippen molar-refractivity contribution in [3.8, 4) is 22.6 Å². The Kier molecular flexibility index (Phi) is 4.08. The maximum Gasteiger partial charge on any atom is 0.159 e. The van der Waals surface area contributed by atoms with Gasteiger partial charge in [-0.3, -0.25) is 0 Å². The quantitative estimate of drug-likeness (QED) is 0.753. The smallest absolute Gasteiger partial charge is 0.159 e. The third-order valence-electron chi connectivity index (χ3n) is 4.84. The molecule has 6 nitrogen and oxygen atoms in total. The van der Waals surface area contributed by atoms with Crippen LogP contribution in [0, 0.1) is 18.6 Å². The monoisotopic (exact) mass is 359 g/mol. The second kappa shape index (κ2) is 6.30. The van der Waals surface area contributed by atoms with E-state index in [9.17, 15) is 13.9 Å². The van der Waals surface area contributed by atoms with E-state index in [4.69, 9.17) is 0 Å². The summed E-state index contributed by atoms with van der Waals surface area (Å²) < 4.78 is 29.0. The van der Waals surface area contributed by atoms with Crippen LogP contribution in [0.2, 0.25) is 0 Å². The normalized spacial score (nSPS) is 20.8. The number of aliphatic hydroxyl groups excluding tert-OH is 1. The van der Waals surface area contributed by atoms with Gasteiger partial charge in [-0.15, -0.1) is 0 Å². The Bertz CT molecular complexity index is 951. The molecular formula is C18H19F2N5O. The average Bonchev–Trinajstić information content (AvgIpc) is 3.28. The predicted octanol–water partition coefficient (Wildman–Crippen LogP) is 2.37. The first-order valence-electron chi connectivity index (χ1n) is 8.35. The zero-order chi connectivity index (χ0) is 18.4. The number of rotatable bonds is 3. The minimum atomic E-state index is -0.928. The lowest BCUT2D eigenvalue weighted by Gasteiger charge is -2.19. The van der Waals surface area contributed by atoms with Crippen LogP contribution in [0.1, 0.15) is 11.7 Å². The molecule has 3 aromatic rings. The summed E-state index contributed by atoms with van der Waals surface area (Å²) >= 11 is 0. The van der Waals surface area contributed by atoms with E-state index in [2.05, 4.69) is 15.0 Å². The first-order chi connectivity index (χ1) is 12.5. The highest BCUT2D eigenvalue weighted by Gasteiger charge is 2.33. The average molecular weight is 359 g/mol. The van der Waals surface area contributed by atoms with E-state index in [1.165, 1.54) is 6.07 Å². The van der Waals surface area contributed by atoms with Gasteiger partial charge in [-0.05, 0) is 32.2 Å². The fraction of sp³-hybridized carbons (Fsp3) is 0.333. The van der Waals surface area contributed by atoms with Crippen LogP contribution in [-0.4, -0.2) is 55.8 Å². The Morgan fingerprint density at radius 2 is 1.96 bits per heavy atom. The fourth-order valence-corrected chi connectivity index (χ4v) is 3.53. The van der Waals surface area contributed by atoms with Gasteiger partial charge < -0.3 is 19.6 Å². The summed E-state index contributed by atoms with van der Waals surface area (Å²) in [6.07, 6.45) is 2.66. The highest BCUT2D eigenvalue weighted by molar-refractivity contribution is 5.78. The number of H-pyrrole nitrogens is 1. The van der Waals surface area contributed by atoms with Crippen LogP contribution < -0.4 is 0 Å². The zero-order valence-electron chi connectivity index (χ0n) is 14.4. The summed E-state index contributed by atoms with van der Waals surface area (Å²) in [6.45, 7) is 3.10. The molecule has 136 valence electrons. The number of likely N-dealkylation sites (N-methyl/N-ethyl adjacent to an activating group) is 1. The summed E-state index contributed by atoms with van der Waals surface area (Å²) in [5, 5.41) is 10.4. The molecule has 0 spiro atoms. The molecule has 0 amide bonds. The molecule has 2 atom stereocenters. The molecule has 2 N–H and O–H groups in total. The highest BCUT2D eigenvalue weighted by atomic mass is 19.2. The number of nitrogens with one attached hydrogen (secondary N) is 1. The largest absolute Gasteiger partial charge is 0.390 e. The van der Waals surface area contributed by atoms with Crippen molar-refractivity contribution in [3.63, 3.8) is 0 Å². The number of nitrogens with zero attached hydrogens (tertiary/aromatic N) is 4. The minimum Gasteiger partial charge on any atom is -0.390 e. The number of halogens is 2. The van der Waals surface area contributed by atoms with Crippen molar-refractivity contribution in [3.05, 3.63) is 48.2 Å². The first-order valence-corrected chi connectivity index (χ1v) is 8.35. The van der Waals surface area contributed by atoms with Crippen LogP contribution in [0.5, 0.6) is 0 Å². The van der Waals surface area contributed by atoms with Gasteiger partial charge in [-0.25, -0.2) is 18.7 Å². The fourth-order valence-electron chi connectivity index (χ4n) is 3.53. The number of β-amino-alcohol motifs (C(OH)–C–C–N with tert-alkyl or cyclic N) is 1. The molecule has 0 saturated carbocycles. The van der Waals surface area contributed by atoms with Crippen molar-refractivity contribution in [2.24, 2.45) is 0 Å². The molecule has 0 unspecified atom stereocenters. The number of aryl methyl sites for hydroxylation is 1. The summed E-state index contributed by atoms with van der Waals surface area (Å²) in [7, 11) is 1.94. The molecule has 26 heavy (non-hydrogen) atoms. The molecule has 1 aliphatic heterocycles. The molecule has 2 aromatic heterocycles. The van der Waals surface area contributed by atoms with E-state index < -0.39 is 17.7 Å². The zero-order valence-corrected chi connectivity index (χ0v) is 14.4. The van der Waals surface area contributed by atoms with Crippen molar-refractivity contribution >= 4 is 0 Å². The minimum absolute atomic E-state index is 0.197. The SMILES string of the molecule is Cc1[nH]cnc1-c1c(-c2ccc(F)c(F)c2)ncn1[C@@H]1CN(C)C[C@H]1O. The van der Waals surface area contributed by atoms with Gasteiger partial charge in [-0.1, -0.05) is 0 Å². The Hall–Kier alpha value is -2.58. The Labute approximate surface area is 149 Å². The third kappa shape index (κ3) is 2.71. The second-order valence-corrected chi connectivity index (χ2v) is 6.71. The number of imidazole rings is 2. The van der Waals surface area contributed by atoms with Gasteiger partial charge in [0.2, 0.25) is 0 Å². The van der Waals surface area contributed by atoms with Crippen molar-refractivity contribution in [2.45, 2.75) is 19.1 Å². The van der Waals surface area contributed by atoms with Crippen LogP contribution in [0.3, 0.4) is 0 Å². The molecule has 3 heterocycles. The third-order valence-corrected chi connectivity index (χ3v) is 4.84. The Balaban J connectivity index is 1.90. The molecule has 1 aliphatic rings. The van der Waals surface area contributed by atoms with E-state index >= 15 is 0 Å². The summed E-state index contributed by atoms with van der Waals surface area (Å²) in [6, 6.07) is 3.51. The maximum atomic E-state index is 13.8. The lowest BCUT2D eigenvalue weighted by atomic mass is 10.1. The first kappa shape index (κ1) is 16.9. The molecule has 1 aromatic carbocycles. The van der Waals surface area contributed by atoms with Crippen molar-refractivity contribution in [1.82, 2.24) is 24.4 Å². The number of hydrogen-bond acceptors (Lipinski definition) is 4. The number of hydrogen-bond donors (Lipinski definition) is 2. The van der Waals surface area contributed by atoms with Gasteiger partial charge in [0.25, 0.3) is 0 Å². The molecule has 0 aliphatic carbocycles. The summed E-state index contributed by atoms with van der Waals surface area (Å²) in [5.74, 6) is -1.83. The molecule has 0 bridgehead atoms. The van der Waals surface area contributed by atoms with Gasteiger partial charge in [-0.2, -0.15) is 0 Å². The van der Waals surface area contributed by atoms with Gasteiger partial charge in [0.15, 0.2) is 11.6 Å². The molecule has 8 heteroatoms. The van der Waals surface area contributed by atoms with Crippen LogP contribution >= 0.6 is 0 Å². The van der Waals surface area contributed by atoms with E-state index in [-0.39, 0.29) is 6.04 Å². The summed E-state index contributed by atoms with van der Waals surface area (Å²) in [4.78, 5) is 13.9. The predicted molar refractivity (Wildman–Crippen MR) is 92.4 cm³/mol. The van der Waals surface area contributed by atoms with E-state index in [0.717, 1.165) is 17.8 Å². The highest BCUT2D eigenvalue weighted by Crippen LogP contribution is 2.36. The van der Waals surface area contributed by atoms with Gasteiger partial charge >= 0.3 is 0 Å².